The van der Waals surface area contributed by atoms with Gasteiger partial charge in [-0.2, -0.15) is 0 Å². The summed E-state index contributed by atoms with van der Waals surface area (Å²) in [5, 5.41) is 0. The summed E-state index contributed by atoms with van der Waals surface area (Å²) >= 11 is 0. The highest BCUT2D eigenvalue weighted by atomic mass is 16.2. The molecule has 0 aromatic heterocycles. The van der Waals surface area contributed by atoms with Gasteiger partial charge in [0.15, 0.2) is 0 Å². The molecule has 0 spiro atoms. The third-order valence-corrected chi connectivity index (χ3v) is 5.01. The predicted molar refractivity (Wildman–Crippen MR) is 102 cm³/mol. The summed E-state index contributed by atoms with van der Waals surface area (Å²) < 4.78 is 0. The van der Waals surface area contributed by atoms with E-state index < -0.39 is 0 Å². The fraction of sp³-hybridized carbons (Fsp3) is 0.409. The van der Waals surface area contributed by atoms with Gasteiger partial charge < -0.3 is 4.90 Å². The Morgan fingerprint density at radius 3 is 1.88 bits per heavy atom. The van der Waals surface area contributed by atoms with Gasteiger partial charge in [-0.05, 0) is 17.5 Å². The third kappa shape index (κ3) is 4.49. The van der Waals surface area contributed by atoms with E-state index in [0.717, 1.165) is 39.0 Å². The van der Waals surface area contributed by atoms with Gasteiger partial charge in [-0.25, -0.2) is 0 Å². The maximum atomic E-state index is 12.3. The molecule has 0 bridgehead atoms. The number of rotatable bonds is 6. The van der Waals surface area contributed by atoms with Crippen molar-refractivity contribution in [1.29, 1.82) is 0 Å². The quantitative estimate of drug-likeness (QED) is 0.792. The number of hydrogen-bond donors (Lipinski definition) is 0. The zero-order chi connectivity index (χ0) is 17.5. The molecule has 3 rings (SSSR count). The van der Waals surface area contributed by atoms with Gasteiger partial charge in [0, 0.05) is 32.6 Å². The maximum absolute atomic E-state index is 12.3. The van der Waals surface area contributed by atoms with Crippen LogP contribution >= 0.6 is 0 Å². The van der Waals surface area contributed by atoms with Gasteiger partial charge in [0.05, 0.1) is 6.04 Å². The largest absolute Gasteiger partial charge is 0.340 e. The van der Waals surface area contributed by atoms with Crippen molar-refractivity contribution in [2.75, 3.05) is 26.2 Å². The van der Waals surface area contributed by atoms with E-state index in [0.29, 0.717) is 12.3 Å². The summed E-state index contributed by atoms with van der Waals surface area (Å²) in [6.07, 6.45) is 2.77. The van der Waals surface area contributed by atoms with Gasteiger partial charge in [0.2, 0.25) is 5.91 Å². The minimum absolute atomic E-state index is 0.260. The highest BCUT2D eigenvalue weighted by Crippen LogP contribution is 2.29. The van der Waals surface area contributed by atoms with Crippen molar-refractivity contribution in [3.63, 3.8) is 0 Å². The molecule has 0 N–H and O–H groups in total. The Labute approximate surface area is 151 Å². The molecule has 0 radical (unpaired) electrons. The number of amides is 1. The van der Waals surface area contributed by atoms with Crippen LogP contribution in [-0.4, -0.2) is 41.9 Å². The number of unbranched alkanes of at least 4 members (excludes halogenated alkanes) is 1. The monoisotopic (exact) mass is 336 g/mol. The minimum Gasteiger partial charge on any atom is -0.340 e. The SMILES string of the molecule is CCCCC(=O)N1CCN(C(c2ccccc2)c2ccccc2)CC1. The molecule has 1 heterocycles. The molecule has 2 aromatic carbocycles. The van der Waals surface area contributed by atoms with E-state index in [4.69, 9.17) is 0 Å². The molecule has 0 atom stereocenters. The lowest BCUT2D eigenvalue weighted by molar-refractivity contribution is -0.133. The first-order chi connectivity index (χ1) is 12.3. The lowest BCUT2D eigenvalue weighted by Crippen LogP contribution is -2.49. The fourth-order valence-electron chi connectivity index (χ4n) is 3.60. The molecule has 25 heavy (non-hydrogen) atoms. The first kappa shape index (κ1) is 17.7. The topological polar surface area (TPSA) is 23.6 Å². The zero-order valence-electron chi connectivity index (χ0n) is 15.1. The highest BCUT2D eigenvalue weighted by molar-refractivity contribution is 5.76. The van der Waals surface area contributed by atoms with Crippen molar-refractivity contribution >= 4 is 5.91 Å². The molecule has 0 unspecified atom stereocenters. The lowest BCUT2D eigenvalue weighted by Gasteiger charge is -2.40. The summed E-state index contributed by atoms with van der Waals surface area (Å²) in [4.78, 5) is 16.8. The summed E-state index contributed by atoms with van der Waals surface area (Å²) in [6, 6.07) is 21.6. The van der Waals surface area contributed by atoms with Crippen molar-refractivity contribution in [2.24, 2.45) is 0 Å². The molecule has 3 nitrogen and oxygen atoms in total. The average molecular weight is 336 g/mol. The lowest BCUT2D eigenvalue weighted by atomic mass is 9.96. The van der Waals surface area contributed by atoms with Crippen molar-refractivity contribution < 1.29 is 4.79 Å². The van der Waals surface area contributed by atoms with E-state index in [2.05, 4.69) is 72.5 Å². The van der Waals surface area contributed by atoms with Crippen molar-refractivity contribution in [3.05, 3.63) is 71.8 Å². The first-order valence-corrected chi connectivity index (χ1v) is 9.41. The molecule has 1 aliphatic rings. The van der Waals surface area contributed by atoms with Crippen LogP contribution in [0, 0.1) is 0 Å². The van der Waals surface area contributed by atoms with Crippen molar-refractivity contribution in [1.82, 2.24) is 9.80 Å². The van der Waals surface area contributed by atoms with Gasteiger partial charge in [-0.3, -0.25) is 9.69 Å². The Morgan fingerprint density at radius 2 is 1.40 bits per heavy atom. The second kappa shape index (κ2) is 8.82. The molecule has 1 saturated heterocycles. The van der Waals surface area contributed by atoms with Crippen LogP contribution in [0.25, 0.3) is 0 Å². The smallest absolute Gasteiger partial charge is 0.222 e. The molecule has 132 valence electrons. The minimum atomic E-state index is 0.260. The zero-order valence-corrected chi connectivity index (χ0v) is 15.1. The van der Waals surface area contributed by atoms with Crippen LogP contribution in [0.15, 0.2) is 60.7 Å². The van der Waals surface area contributed by atoms with Crippen LogP contribution in [0.1, 0.15) is 43.4 Å². The van der Waals surface area contributed by atoms with E-state index in [9.17, 15) is 4.79 Å². The Kier molecular flexibility index (Phi) is 6.24. The summed E-state index contributed by atoms with van der Waals surface area (Å²) in [5.74, 6) is 0.317. The number of carbonyl (C=O) groups is 1. The summed E-state index contributed by atoms with van der Waals surface area (Å²) in [5.41, 5.74) is 2.64. The van der Waals surface area contributed by atoms with Crippen LogP contribution < -0.4 is 0 Å². The van der Waals surface area contributed by atoms with Crippen LogP contribution in [0.5, 0.6) is 0 Å². The number of hydrogen-bond acceptors (Lipinski definition) is 2. The standard InChI is InChI=1S/C22H28N2O/c1-2-3-14-21(25)23-15-17-24(18-16-23)22(19-10-6-4-7-11-19)20-12-8-5-9-13-20/h4-13,22H,2-3,14-18H2,1H3. The van der Waals surface area contributed by atoms with Gasteiger partial charge in [0.1, 0.15) is 0 Å². The molecular formula is C22H28N2O. The normalized spacial score (nSPS) is 15.5. The Balaban J connectivity index is 1.72. The van der Waals surface area contributed by atoms with E-state index in [1.54, 1.807) is 0 Å². The third-order valence-electron chi connectivity index (χ3n) is 5.01. The van der Waals surface area contributed by atoms with Gasteiger partial charge in [-0.15, -0.1) is 0 Å². The molecule has 0 aliphatic carbocycles. The molecule has 3 heteroatoms. The predicted octanol–water partition coefficient (Wildman–Crippen LogP) is 4.11. The highest BCUT2D eigenvalue weighted by Gasteiger charge is 2.27. The van der Waals surface area contributed by atoms with Crippen molar-refractivity contribution in [3.8, 4) is 0 Å². The van der Waals surface area contributed by atoms with Gasteiger partial charge >= 0.3 is 0 Å². The van der Waals surface area contributed by atoms with E-state index >= 15 is 0 Å². The second-order valence-corrected chi connectivity index (χ2v) is 6.74. The number of piperazine rings is 1. The summed E-state index contributed by atoms with van der Waals surface area (Å²) in [6.45, 7) is 5.64. The van der Waals surface area contributed by atoms with Crippen LogP contribution in [0.3, 0.4) is 0 Å². The number of carbonyl (C=O) groups excluding carboxylic acids is 1. The van der Waals surface area contributed by atoms with Crippen LogP contribution in [0.2, 0.25) is 0 Å². The van der Waals surface area contributed by atoms with Gasteiger partial charge in [0.25, 0.3) is 0 Å². The average Bonchev–Trinajstić information content (AvgIpc) is 2.68. The van der Waals surface area contributed by atoms with Crippen LogP contribution in [0.4, 0.5) is 0 Å². The summed E-state index contributed by atoms with van der Waals surface area (Å²) in [7, 11) is 0. The fourth-order valence-corrected chi connectivity index (χ4v) is 3.60. The molecule has 1 amide bonds. The Morgan fingerprint density at radius 1 is 0.880 bits per heavy atom. The number of benzene rings is 2. The molecular weight excluding hydrogens is 308 g/mol. The Hall–Kier alpha value is -2.13. The molecule has 0 saturated carbocycles. The second-order valence-electron chi connectivity index (χ2n) is 6.74. The number of nitrogens with zero attached hydrogens (tertiary/aromatic N) is 2. The molecule has 2 aromatic rings. The van der Waals surface area contributed by atoms with Crippen LogP contribution in [-0.2, 0) is 4.79 Å². The Bertz CT molecular complexity index is 609. The van der Waals surface area contributed by atoms with Crippen molar-refractivity contribution in [2.45, 2.75) is 32.2 Å². The van der Waals surface area contributed by atoms with E-state index in [1.165, 1.54) is 11.1 Å². The van der Waals surface area contributed by atoms with E-state index in [-0.39, 0.29) is 6.04 Å². The van der Waals surface area contributed by atoms with E-state index in [1.807, 2.05) is 4.90 Å². The maximum Gasteiger partial charge on any atom is 0.222 e. The first-order valence-electron chi connectivity index (χ1n) is 9.41. The molecule has 1 aliphatic heterocycles. The molecule has 1 fully saturated rings. The van der Waals surface area contributed by atoms with Gasteiger partial charge in [-0.1, -0.05) is 74.0 Å².